The van der Waals surface area contributed by atoms with E-state index in [0.717, 1.165) is 5.75 Å². The highest BCUT2D eigenvalue weighted by molar-refractivity contribution is 5.77. The number of aliphatic hydroxyl groups is 1. The van der Waals surface area contributed by atoms with Crippen LogP contribution in [0.1, 0.15) is 0 Å². The van der Waals surface area contributed by atoms with Crippen molar-refractivity contribution < 1.29 is 9.84 Å². The second-order valence-corrected chi connectivity index (χ2v) is 3.67. The Bertz CT molecular complexity index is 379. The minimum absolute atomic E-state index is 0.183. The first-order valence-corrected chi connectivity index (χ1v) is 5.73. The van der Waals surface area contributed by atoms with Gasteiger partial charge in [0, 0.05) is 6.54 Å². The summed E-state index contributed by atoms with van der Waals surface area (Å²) in [6, 6.07) is 9.31. The van der Waals surface area contributed by atoms with E-state index < -0.39 is 6.10 Å². The summed E-state index contributed by atoms with van der Waals surface area (Å²) in [4.78, 5) is 3.98. The number of aliphatic imine (C=N–C) groups is 1. The van der Waals surface area contributed by atoms with Crippen LogP contribution in [-0.2, 0) is 0 Å². The molecular weight excluding hydrogens is 230 g/mol. The van der Waals surface area contributed by atoms with Crippen LogP contribution < -0.4 is 15.8 Å². The fourth-order valence-corrected chi connectivity index (χ4v) is 1.20. The maximum absolute atomic E-state index is 9.65. The van der Waals surface area contributed by atoms with Crippen molar-refractivity contribution in [3.8, 4) is 5.75 Å². The van der Waals surface area contributed by atoms with Crippen molar-refractivity contribution >= 4 is 5.96 Å². The first kappa shape index (κ1) is 14.1. The Labute approximate surface area is 107 Å². The van der Waals surface area contributed by atoms with E-state index in [1.54, 1.807) is 6.08 Å². The molecule has 98 valence electrons. The molecule has 1 aromatic rings. The Balaban J connectivity index is 2.25. The van der Waals surface area contributed by atoms with E-state index >= 15 is 0 Å². The van der Waals surface area contributed by atoms with Gasteiger partial charge in [0.05, 0.1) is 6.54 Å². The largest absolute Gasteiger partial charge is 0.491 e. The summed E-state index contributed by atoms with van der Waals surface area (Å²) in [5.74, 6) is 1.01. The van der Waals surface area contributed by atoms with E-state index in [1.165, 1.54) is 0 Å². The van der Waals surface area contributed by atoms with E-state index in [2.05, 4.69) is 16.9 Å². The number of aliphatic hydroxyl groups excluding tert-OH is 1. The molecule has 0 unspecified atom stereocenters. The fourth-order valence-electron chi connectivity index (χ4n) is 1.20. The summed E-state index contributed by atoms with van der Waals surface area (Å²) in [6.45, 7) is 4.48. The van der Waals surface area contributed by atoms with Crippen molar-refractivity contribution in [3.63, 3.8) is 0 Å². The molecule has 0 fully saturated rings. The van der Waals surface area contributed by atoms with Crippen molar-refractivity contribution in [1.29, 1.82) is 0 Å². The Morgan fingerprint density at radius 1 is 1.50 bits per heavy atom. The van der Waals surface area contributed by atoms with Crippen molar-refractivity contribution in [1.82, 2.24) is 5.32 Å². The minimum Gasteiger partial charge on any atom is -0.491 e. The zero-order valence-electron chi connectivity index (χ0n) is 10.2. The van der Waals surface area contributed by atoms with E-state index in [9.17, 15) is 5.11 Å². The van der Waals surface area contributed by atoms with Crippen molar-refractivity contribution in [2.45, 2.75) is 6.10 Å². The molecule has 0 bridgehead atoms. The maximum Gasteiger partial charge on any atom is 0.188 e. The first-order valence-electron chi connectivity index (χ1n) is 5.73. The van der Waals surface area contributed by atoms with Gasteiger partial charge in [0.15, 0.2) is 5.96 Å². The number of hydrogen-bond acceptors (Lipinski definition) is 3. The molecule has 0 spiro atoms. The molecule has 1 aromatic carbocycles. The van der Waals surface area contributed by atoms with Crippen LogP contribution in [0.5, 0.6) is 5.75 Å². The van der Waals surface area contributed by atoms with E-state index in [1.807, 2.05) is 30.3 Å². The summed E-state index contributed by atoms with van der Waals surface area (Å²) in [7, 11) is 0. The summed E-state index contributed by atoms with van der Waals surface area (Å²) < 4.78 is 5.38. The predicted octanol–water partition coefficient (Wildman–Crippen LogP) is 0.517. The molecule has 0 aliphatic carbocycles. The number of ether oxygens (including phenoxy) is 1. The number of hydrogen-bond donors (Lipinski definition) is 3. The standard InChI is InChI=1S/C13H19N3O2/c1-2-8-15-13(14)16-9-11(17)10-18-12-6-4-3-5-7-12/h2-7,11,17H,1,8-10H2,(H3,14,15,16)/t11-/m0/s1. The monoisotopic (exact) mass is 249 g/mol. The number of guanidine groups is 1. The van der Waals surface area contributed by atoms with Crippen LogP contribution >= 0.6 is 0 Å². The van der Waals surface area contributed by atoms with Gasteiger partial charge in [-0.3, -0.25) is 4.99 Å². The van der Waals surface area contributed by atoms with Crippen LogP contribution in [0, 0.1) is 0 Å². The Morgan fingerprint density at radius 3 is 2.89 bits per heavy atom. The van der Waals surface area contributed by atoms with Gasteiger partial charge in [-0.2, -0.15) is 0 Å². The summed E-state index contributed by atoms with van der Waals surface area (Å²) in [5.41, 5.74) is 5.55. The lowest BCUT2D eigenvalue weighted by molar-refractivity contribution is 0.114. The second-order valence-electron chi connectivity index (χ2n) is 3.67. The molecule has 0 amide bonds. The van der Waals surface area contributed by atoms with Crippen LogP contribution in [0.4, 0.5) is 0 Å². The van der Waals surface area contributed by atoms with Gasteiger partial charge >= 0.3 is 0 Å². The van der Waals surface area contributed by atoms with Gasteiger partial charge in [-0.25, -0.2) is 0 Å². The lowest BCUT2D eigenvalue weighted by atomic mass is 10.3. The smallest absolute Gasteiger partial charge is 0.188 e. The van der Waals surface area contributed by atoms with Crippen LogP contribution in [-0.4, -0.2) is 36.9 Å². The molecule has 0 saturated carbocycles. The molecule has 0 aliphatic heterocycles. The molecule has 5 heteroatoms. The van der Waals surface area contributed by atoms with E-state index in [0.29, 0.717) is 6.54 Å². The lowest BCUT2D eigenvalue weighted by Crippen LogP contribution is -2.33. The molecule has 1 rings (SSSR count). The van der Waals surface area contributed by atoms with Crippen molar-refractivity contribution in [2.24, 2.45) is 10.7 Å². The Hall–Kier alpha value is -2.01. The molecule has 1 atom stereocenters. The molecule has 18 heavy (non-hydrogen) atoms. The highest BCUT2D eigenvalue weighted by atomic mass is 16.5. The topological polar surface area (TPSA) is 79.9 Å². The lowest BCUT2D eigenvalue weighted by Gasteiger charge is -2.10. The molecule has 0 heterocycles. The summed E-state index contributed by atoms with van der Waals surface area (Å²) in [6.07, 6.45) is 0.992. The summed E-state index contributed by atoms with van der Waals surface area (Å²) in [5, 5.41) is 12.5. The molecule has 4 N–H and O–H groups in total. The van der Waals surface area contributed by atoms with Crippen molar-refractivity contribution in [3.05, 3.63) is 43.0 Å². The van der Waals surface area contributed by atoms with Crippen molar-refractivity contribution in [2.75, 3.05) is 19.7 Å². The second kappa shape index (κ2) is 8.14. The van der Waals surface area contributed by atoms with Gasteiger partial charge in [0.2, 0.25) is 0 Å². The Kier molecular flexibility index (Phi) is 6.35. The maximum atomic E-state index is 9.65. The minimum atomic E-state index is -0.686. The normalized spacial score (nSPS) is 12.8. The molecule has 0 aromatic heterocycles. The van der Waals surface area contributed by atoms with Gasteiger partial charge in [0.1, 0.15) is 18.5 Å². The third-order valence-electron chi connectivity index (χ3n) is 2.09. The number of benzene rings is 1. The van der Waals surface area contributed by atoms with Gasteiger partial charge in [0.25, 0.3) is 0 Å². The zero-order valence-corrected chi connectivity index (χ0v) is 10.2. The van der Waals surface area contributed by atoms with Gasteiger partial charge in [-0.05, 0) is 12.1 Å². The molecule has 5 nitrogen and oxygen atoms in total. The average Bonchev–Trinajstić information content (AvgIpc) is 2.41. The average molecular weight is 249 g/mol. The SMILES string of the molecule is C=CCNC(N)=NC[C@H](O)COc1ccccc1. The predicted molar refractivity (Wildman–Crippen MR) is 72.6 cm³/mol. The quantitative estimate of drug-likeness (QED) is 0.374. The third-order valence-corrected chi connectivity index (χ3v) is 2.09. The van der Waals surface area contributed by atoms with Crippen LogP contribution in [0.2, 0.25) is 0 Å². The molecular formula is C13H19N3O2. The van der Waals surface area contributed by atoms with Crippen LogP contribution in [0.15, 0.2) is 48.0 Å². The highest BCUT2D eigenvalue weighted by Crippen LogP contribution is 2.08. The van der Waals surface area contributed by atoms with Gasteiger partial charge in [-0.15, -0.1) is 6.58 Å². The van der Waals surface area contributed by atoms with Crippen LogP contribution in [0.3, 0.4) is 0 Å². The Morgan fingerprint density at radius 2 is 2.22 bits per heavy atom. The van der Waals surface area contributed by atoms with Gasteiger partial charge in [-0.1, -0.05) is 24.3 Å². The third kappa shape index (κ3) is 5.91. The number of nitrogens with one attached hydrogen (secondary N) is 1. The first-order chi connectivity index (χ1) is 8.72. The zero-order chi connectivity index (χ0) is 13.2. The number of rotatable bonds is 7. The molecule has 0 aliphatic rings. The van der Waals surface area contributed by atoms with Gasteiger partial charge < -0.3 is 20.9 Å². The summed E-state index contributed by atoms with van der Waals surface area (Å²) >= 11 is 0. The van der Waals surface area contributed by atoms with E-state index in [-0.39, 0.29) is 19.1 Å². The van der Waals surface area contributed by atoms with Crippen LogP contribution in [0.25, 0.3) is 0 Å². The number of nitrogens with zero attached hydrogens (tertiary/aromatic N) is 1. The fraction of sp³-hybridized carbons (Fsp3) is 0.308. The molecule has 0 saturated heterocycles. The van der Waals surface area contributed by atoms with E-state index in [4.69, 9.17) is 10.5 Å². The number of nitrogens with two attached hydrogens (primary N) is 1. The highest BCUT2D eigenvalue weighted by Gasteiger charge is 2.04. The molecule has 0 radical (unpaired) electrons. The number of para-hydroxylation sites is 1.